The Morgan fingerprint density at radius 3 is 2.30 bits per heavy atom. The van der Waals surface area contributed by atoms with Crippen LogP contribution in [0.25, 0.3) is 0 Å². The molecule has 0 saturated heterocycles. The van der Waals surface area contributed by atoms with Gasteiger partial charge < -0.3 is 5.32 Å². The number of rotatable bonds is 5. The summed E-state index contributed by atoms with van der Waals surface area (Å²) in [6.07, 6.45) is 1.04. The molecular weight excluding hydrogens is 329 g/mol. The second-order valence-electron chi connectivity index (χ2n) is 6.17. The summed E-state index contributed by atoms with van der Waals surface area (Å²) in [5, 5.41) is 3.85. The number of anilines is 1. The number of halogens is 2. The highest BCUT2D eigenvalue weighted by Gasteiger charge is 2.16. The van der Waals surface area contributed by atoms with E-state index < -0.39 is 0 Å². The van der Waals surface area contributed by atoms with Gasteiger partial charge in [-0.1, -0.05) is 61.3 Å². The van der Waals surface area contributed by atoms with Crippen molar-refractivity contribution in [3.63, 3.8) is 0 Å². The average Bonchev–Trinajstić information content (AvgIpc) is 2.50. The minimum atomic E-state index is -0.266. The van der Waals surface area contributed by atoms with E-state index >= 15 is 0 Å². The van der Waals surface area contributed by atoms with Crippen LogP contribution in [0, 0.1) is 5.92 Å². The molecule has 0 aliphatic carbocycles. The highest BCUT2D eigenvalue weighted by atomic mass is 35.5. The lowest BCUT2D eigenvalue weighted by Gasteiger charge is -2.14. The van der Waals surface area contributed by atoms with E-state index in [4.69, 9.17) is 23.2 Å². The fraction of sp³-hybridized carbons (Fsp3) is 0.316. The maximum absolute atomic E-state index is 12.4. The zero-order valence-corrected chi connectivity index (χ0v) is 15.1. The van der Waals surface area contributed by atoms with E-state index in [0.717, 1.165) is 12.0 Å². The van der Waals surface area contributed by atoms with Crippen molar-refractivity contribution in [3.05, 3.63) is 63.6 Å². The highest BCUT2D eigenvalue weighted by Crippen LogP contribution is 2.27. The van der Waals surface area contributed by atoms with Gasteiger partial charge in [0.2, 0.25) is 5.91 Å². The van der Waals surface area contributed by atoms with E-state index in [9.17, 15) is 4.79 Å². The second-order valence-corrected chi connectivity index (χ2v) is 7.02. The lowest BCUT2D eigenvalue weighted by molar-refractivity contribution is -0.117. The van der Waals surface area contributed by atoms with Gasteiger partial charge in [0.25, 0.3) is 0 Å². The summed E-state index contributed by atoms with van der Waals surface area (Å²) >= 11 is 12.0. The van der Waals surface area contributed by atoms with Gasteiger partial charge in [0.05, 0.1) is 16.6 Å². The van der Waals surface area contributed by atoms with Gasteiger partial charge in [0.15, 0.2) is 0 Å². The smallest absolute Gasteiger partial charge is 0.231 e. The van der Waals surface area contributed by atoms with Crippen molar-refractivity contribution in [1.82, 2.24) is 0 Å². The highest BCUT2D eigenvalue weighted by molar-refractivity contribution is 6.35. The first-order valence-electron chi connectivity index (χ1n) is 7.71. The van der Waals surface area contributed by atoms with Gasteiger partial charge in [-0.2, -0.15) is 0 Å². The number of hydrogen-bond donors (Lipinski definition) is 1. The number of nitrogens with one attached hydrogen (secondary N) is 1. The molecular formula is C19H21Cl2NO. The molecule has 0 radical (unpaired) electrons. The third-order valence-corrected chi connectivity index (χ3v) is 4.27. The summed E-state index contributed by atoms with van der Waals surface area (Å²) in [4.78, 5) is 12.4. The molecule has 0 aromatic heterocycles. The van der Waals surface area contributed by atoms with E-state index in [0.29, 0.717) is 21.7 Å². The molecule has 0 bridgehead atoms. The van der Waals surface area contributed by atoms with Gasteiger partial charge in [-0.3, -0.25) is 4.79 Å². The second kappa shape index (κ2) is 7.85. The van der Waals surface area contributed by atoms with Crippen LogP contribution in [0.4, 0.5) is 5.69 Å². The van der Waals surface area contributed by atoms with Crippen LogP contribution < -0.4 is 5.32 Å². The van der Waals surface area contributed by atoms with Crippen LogP contribution in [0.3, 0.4) is 0 Å². The zero-order valence-electron chi connectivity index (χ0n) is 13.6. The molecule has 0 fully saturated rings. The Bertz CT molecular complexity index is 680. The van der Waals surface area contributed by atoms with Gasteiger partial charge >= 0.3 is 0 Å². The molecule has 1 N–H and O–H groups in total. The summed E-state index contributed by atoms with van der Waals surface area (Å²) < 4.78 is 0. The number of hydrogen-bond acceptors (Lipinski definition) is 1. The average molecular weight is 350 g/mol. The van der Waals surface area contributed by atoms with Crippen molar-refractivity contribution >= 4 is 34.8 Å². The van der Waals surface area contributed by atoms with Gasteiger partial charge in [0.1, 0.15) is 0 Å². The van der Waals surface area contributed by atoms with Crippen molar-refractivity contribution in [1.29, 1.82) is 0 Å². The number of carbonyl (C=O) groups is 1. The quantitative estimate of drug-likeness (QED) is 0.711. The lowest BCUT2D eigenvalue weighted by Crippen LogP contribution is -2.19. The molecule has 2 aromatic carbocycles. The van der Waals surface area contributed by atoms with Gasteiger partial charge in [-0.15, -0.1) is 0 Å². The minimum absolute atomic E-state index is 0.106. The Labute approximate surface area is 147 Å². The molecule has 0 unspecified atom stereocenters. The summed E-state index contributed by atoms with van der Waals surface area (Å²) in [5.41, 5.74) is 2.80. The summed E-state index contributed by atoms with van der Waals surface area (Å²) in [7, 11) is 0. The summed E-state index contributed by atoms with van der Waals surface area (Å²) in [5.74, 6) is 0.246. The van der Waals surface area contributed by atoms with Crippen molar-refractivity contribution in [2.75, 3.05) is 5.32 Å². The van der Waals surface area contributed by atoms with Gasteiger partial charge in [-0.25, -0.2) is 0 Å². The van der Waals surface area contributed by atoms with E-state index in [1.165, 1.54) is 5.56 Å². The number of amides is 1. The maximum Gasteiger partial charge on any atom is 0.231 e. The molecule has 2 rings (SSSR count). The van der Waals surface area contributed by atoms with Crippen molar-refractivity contribution in [2.24, 2.45) is 5.92 Å². The molecule has 2 aromatic rings. The molecule has 4 heteroatoms. The molecule has 1 amide bonds. The van der Waals surface area contributed by atoms with Crippen molar-refractivity contribution in [3.8, 4) is 0 Å². The third-order valence-electron chi connectivity index (χ3n) is 3.70. The minimum Gasteiger partial charge on any atom is -0.324 e. The Morgan fingerprint density at radius 1 is 1.04 bits per heavy atom. The molecule has 122 valence electrons. The first-order chi connectivity index (χ1) is 10.9. The SMILES string of the molecule is CC(C)Cc1ccc([C@@H](C)C(=O)Nc2cc(Cl)ccc2Cl)cc1. The zero-order chi connectivity index (χ0) is 17.0. The molecule has 0 saturated carbocycles. The van der Waals surface area contributed by atoms with E-state index in [1.54, 1.807) is 18.2 Å². The van der Waals surface area contributed by atoms with Crippen LogP contribution >= 0.6 is 23.2 Å². The number of carbonyl (C=O) groups excluding carboxylic acids is 1. The van der Waals surface area contributed by atoms with Crippen LogP contribution in [0.15, 0.2) is 42.5 Å². The Hall–Kier alpha value is -1.51. The standard InChI is InChI=1S/C19H21Cl2NO/c1-12(2)10-14-4-6-15(7-5-14)13(3)19(23)22-18-11-16(20)8-9-17(18)21/h4-9,11-13H,10H2,1-3H3,(H,22,23)/t13-/m1/s1. The largest absolute Gasteiger partial charge is 0.324 e. The molecule has 1 atom stereocenters. The van der Waals surface area contributed by atoms with E-state index in [1.807, 2.05) is 19.1 Å². The molecule has 0 heterocycles. The maximum atomic E-state index is 12.4. The van der Waals surface area contributed by atoms with Crippen molar-refractivity contribution in [2.45, 2.75) is 33.1 Å². The fourth-order valence-corrected chi connectivity index (χ4v) is 2.74. The Balaban J connectivity index is 2.08. The van der Waals surface area contributed by atoms with Crippen LogP contribution in [0.5, 0.6) is 0 Å². The van der Waals surface area contributed by atoms with Crippen LogP contribution in [-0.4, -0.2) is 5.91 Å². The van der Waals surface area contributed by atoms with Crippen LogP contribution in [0.2, 0.25) is 10.0 Å². The number of benzene rings is 2. The summed E-state index contributed by atoms with van der Waals surface area (Å²) in [6, 6.07) is 13.2. The molecule has 0 spiro atoms. The molecule has 2 nitrogen and oxygen atoms in total. The molecule has 0 aliphatic rings. The Kier molecular flexibility index (Phi) is 6.09. The Morgan fingerprint density at radius 2 is 1.70 bits per heavy atom. The predicted octanol–water partition coefficient (Wildman–Crippen LogP) is 5.93. The molecule has 23 heavy (non-hydrogen) atoms. The lowest BCUT2D eigenvalue weighted by atomic mass is 9.96. The monoisotopic (exact) mass is 349 g/mol. The first kappa shape index (κ1) is 17.8. The predicted molar refractivity (Wildman–Crippen MR) is 98.5 cm³/mol. The normalized spacial score (nSPS) is 12.3. The van der Waals surface area contributed by atoms with E-state index in [-0.39, 0.29) is 11.8 Å². The van der Waals surface area contributed by atoms with Crippen LogP contribution in [-0.2, 0) is 11.2 Å². The first-order valence-corrected chi connectivity index (χ1v) is 8.47. The topological polar surface area (TPSA) is 29.1 Å². The van der Waals surface area contributed by atoms with Crippen molar-refractivity contribution < 1.29 is 4.79 Å². The van der Waals surface area contributed by atoms with Gasteiger partial charge in [-0.05, 0) is 48.6 Å². The van der Waals surface area contributed by atoms with E-state index in [2.05, 4.69) is 31.3 Å². The van der Waals surface area contributed by atoms with Crippen LogP contribution in [0.1, 0.15) is 37.8 Å². The third kappa shape index (κ3) is 4.98. The molecule has 0 aliphatic heterocycles. The fourth-order valence-electron chi connectivity index (χ4n) is 2.40. The van der Waals surface area contributed by atoms with Gasteiger partial charge in [0, 0.05) is 5.02 Å². The summed E-state index contributed by atoms with van der Waals surface area (Å²) in [6.45, 7) is 6.27.